The minimum atomic E-state index is -0.149. The van der Waals surface area contributed by atoms with E-state index in [-0.39, 0.29) is 11.9 Å². The molecule has 0 saturated carbocycles. The Labute approximate surface area is 82.9 Å². The second-order valence-corrected chi connectivity index (χ2v) is 3.16. The lowest BCUT2D eigenvalue weighted by atomic mass is 10.1. The molecule has 4 heteroatoms. The van der Waals surface area contributed by atoms with E-state index in [2.05, 4.69) is 10.8 Å². The van der Waals surface area contributed by atoms with Crippen LogP contribution in [0.1, 0.15) is 25.5 Å². The van der Waals surface area contributed by atoms with Gasteiger partial charge < -0.3 is 10.5 Å². The minimum absolute atomic E-state index is 0.105. The van der Waals surface area contributed by atoms with E-state index in [1.165, 1.54) is 6.92 Å². The first kappa shape index (κ1) is 10.7. The molecule has 1 aromatic carbocycles. The standard InChI is InChI=1S/C10H14N2O2/c1-7(12-14)9-4-3-5-10(6-9)11-8(2)13/h3-7,12,14H,1-2H3,(H,11,13). The number of benzene rings is 1. The summed E-state index contributed by atoms with van der Waals surface area (Å²) in [4.78, 5) is 10.8. The Hall–Kier alpha value is -1.39. The molecule has 0 fully saturated rings. The number of hydroxylamine groups is 1. The number of nitrogens with one attached hydrogen (secondary N) is 2. The van der Waals surface area contributed by atoms with Gasteiger partial charge >= 0.3 is 0 Å². The molecule has 0 radical (unpaired) electrons. The zero-order chi connectivity index (χ0) is 10.6. The summed E-state index contributed by atoms with van der Waals surface area (Å²) in [5, 5.41) is 11.4. The average molecular weight is 194 g/mol. The number of rotatable bonds is 3. The molecular formula is C10H14N2O2. The third-order valence-corrected chi connectivity index (χ3v) is 1.90. The molecule has 14 heavy (non-hydrogen) atoms. The van der Waals surface area contributed by atoms with E-state index in [0.29, 0.717) is 0 Å². The molecular weight excluding hydrogens is 180 g/mol. The molecule has 0 spiro atoms. The summed E-state index contributed by atoms with van der Waals surface area (Å²) in [7, 11) is 0. The molecule has 0 bridgehead atoms. The number of carbonyl (C=O) groups is 1. The average Bonchev–Trinajstić information content (AvgIpc) is 2.16. The van der Waals surface area contributed by atoms with Gasteiger partial charge in [0.15, 0.2) is 0 Å². The normalized spacial score (nSPS) is 12.2. The summed E-state index contributed by atoms with van der Waals surface area (Å²) in [5.41, 5.74) is 3.80. The van der Waals surface area contributed by atoms with Gasteiger partial charge in [-0.05, 0) is 24.6 Å². The minimum Gasteiger partial charge on any atom is -0.326 e. The van der Waals surface area contributed by atoms with E-state index in [0.717, 1.165) is 11.3 Å². The maximum Gasteiger partial charge on any atom is 0.221 e. The lowest BCUT2D eigenvalue weighted by Crippen LogP contribution is -2.13. The molecule has 1 amide bonds. The fourth-order valence-corrected chi connectivity index (χ4v) is 1.16. The van der Waals surface area contributed by atoms with Crippen LogP contribution in [0, 0.1) is 0 Å². The molecule has 0 aromatic heterocycles. The van der Waals surface area contributed by atoms with Crippen LogP contribution in [0.15, 0.2) is 24.3 Å². The highest BCUT2D eigenvalue weighted by molar-refractivity contribution is 5.88. The third kappa shape index (κ3) is 2.83. The third-order valence-electron chi connectivity index (χ3n) is 1.90. The van der Waals surface area contributed by atoms with Gasteiger partial charge in [0.25, 0.3) is 0 Å². The van der Waals surface area contributed by atoms with E-state index >= 15 is 0 Å². The lowest BCUT2D eigenvalue weighted by molar-refractivity contribution is -0.114. The molecule has 76 valence electrons. The molecule has 4 nitrogen and oxygen atoms in total. The van der Waals surface area contributed by atoms with Gasteiger partial charge in [-0.2, -0.15) is 5.48 Å². The van der Waals surface area contributed by atoms with Crippen molar-refractivity contribution in [1.82, 2.24) is 5.48 Å². The quantitative estimate of drug-likeness (QED) is 0.641. The Morgan fingerprint density at radius 1 is 1.50 bits per heavy atom. The first-order valence-electron chi connectivity index (χ1n) is 4.40. The van der Waals surface area contributed by atoms with Gasteiger partial charge in [-0.3, -0.25) is 4.79 Å². The fraction of sp³-hybridized carbons (Fsp3) is 0.300. The van der Waals surface area contributed by atoms with E-state index in [1.54, 1.807) is 6.07 Å². The number of amides is 1. The SMILES string of the molecule is CC(=O)Nc1cccc(C(C)NO)c1. The van der Waals surface area contributed by atoms with Gasteiger partial charge in [0.1, 0.15) is 0 Å². The zero-order valence-electron chi connectivity index (χ0n) is 8.24. The van der Waals surface area contributed by atoms with Crippen LogP contribution >= 0.6 is 0 Å². The van der Waals surface area contributed by atoms with Crippen molar-refractivity contribution in [2.75, 3.05) is 5.32 Å². The van der Waals surface area contributed by atoms with Crippen molar-refractivity contribution in [1.29, 1.82) is 0 Å². The van der Waals surface area contributed by atoms with Crippen LogP contribution in [0.25, 0.3) is 0 Å². The zero-order valence-corrected chi connectivity index (χ0v) is 8.24. The van der Waals surface area contributed by atoms with Crippen LogP contribution in [0.5, 0.6) is 0 Å². The van der Waals surface area contributed by atoms with Crippen LogP contribution in [0.4, 0.5) is 5.69 Å². The van der Waals surface area contributed by atoms with Gasteiger partial charge in [-0.1, -0.05) is 12.1 Å². The molecule has 0 aliphatic rings. The predicted octanol–water partition coefficient (Wildman–Crippen LogP) is 1.68. The molecule has 1 unspecified atom stereocenters. The summed E-state index contributed by atoms with van der Waals surface area (Å²) >= 11 is 0. The van der Waals surface area contributed by atoms with Crippen molar-refractivity contribution in [3.63, 3.8) is 0 Å². The van der Waals surface area contributed by atoms with Crippen LogP contribution in [0.2, 0.25) is 0 Å². The number of hydrogen-bond acceptors (Lipinski definition) is 3. The molecule has 1 atom stereocenters. The van der Waals surface area contributed by atoms with Crippen LogP contribution < -0.4 is 10.8 Å². The Kier molecular flexibility index (Phi) is 3.62. The fourth-order valence-electron chi connectivity index (χ4n) is 1.16. The van der Waals surface area contributed by atoms with E-state index in [1.807, 2.05) is 25.1 Å². The summed E-state index contributed by atoms with van der Waals surface area (Å²) < 4.78 is 0. The van der Waals surface area contributed by atoms with E-state index in [4.69, 9.17) is 5.21 Å². The van der Waals surface area contributed by atoms with Crippen molar-refractivity contribution in [3.8, 4) is 0 Å². The van der Waals surface area contributed by atoms with Crippen molar-refractivity contribution in [2.24, 2.45) is 0 Å². The van der Waals surface area contributed by atoms with Gasteiger partial charge in [0.05, 0.1) is 6.04 Å². The van der Waals surface area contributed by atoms with Crippen LogP contribution in [-0.4, -0.2) is 11.1 Å². The lowest BCUT2D eigenvalue weighted by Gasteiger charge is -2.10. The maximum absolute atomic E-state index is 10.8. The van der Waals surface area contributed by atoms with Crippen LogP contribution in [0.3, 0.4) is 0 Å². The highest BCUT2D eigenvalue weighted by atomic mass is 16.5. The van der Waals surface area contributed by atoms with Crippen LogP contribution in [-0.2, 0) is 4.79 Å². The second-order valence-electron chi connectivity index (χ2n) is 3.16. The second kappa shape index (κ2) is 4.74. The Bertz CT molecular complexity index is 326. The Morgan fingerprint density at radius 3 is 2.79 bits per heavy atom. The Balaban J connectivity index is 2.83. The molecule has 1 aromatic rings. The summed E-state index contributed by atoms with van der Waals surface area (Å²) in [6, 6.07) is 7.17. The van der Waals surface area contributed by atoms with Crippen molar-refractivity contribution < 1.29 is 10.0 Å². The first-order chi connectivity index (χ1) is 6.63. The first-order valence-corrected chi connectivity index (χ1v) is 4.40. The largest absolute Gasteiger partial charge is 0.326 e. The Morgan fingerprint density at radius 2 is 2.21 bits per heavy atom. The van der Waals surface area contributed by atoms with E-state index in [9.17, 15) is 4.79 Å². The topological polar surface area (TPSA) is 61.4 Å². The van der Waals surface area contributed by atoms with Crippen molar-refractivity contribution in [2.45, 2.75) is 19.9 Å². The van der Waals surface area contributed by atoms with Gasteiger partial charge in [-0.15, -0.1) is 0 Å². The molecule has 1 rings (SSSR count). The molecule has 3 N–H and O–H groups in total. The molecule has 0 aliphatic heterocycles. The van der Waals surface area contributed by atoms with E-state index < -0.39 is 0 Å². The summed E-state index contributed by atoms with van der Waals surface area (Å²) in [6.45, 7) is 3.28. The van der Waals surface area contributed by atoms with Crippen molar-refractivity contribution in [3.05, 3.63) is 29.8 Å². The molecule has 0 aliphatic carbocycles. The smallest absolute Gasteiger partial charge is 0.221 e. The number of hydrogen-bond donors (Lipinski definition) is 3. The predicted molar refractivity (Wildman–Crippen MR) is 54.1 cm³/mol. The summed E-state index contributed by atoms with van der Waals surface area (Å²) in [5.74, 6) is -0.105. The van der Waals surface area contributed by atoms with Crippen molar-refractivity contribution >= 4 is 11.6 Å². The molecule has 0 heterocycles. The van der Waals surface area contributed by atoms with Gasteiger partial charge in [-0.25, -0.2) is 0 Å². The molecule has 0 saturated heterocycles. The highest BCUT2D eigenvalue weighted by Crippen LogP contribution is 2.16. The monoisotopic (exact) mass is 194 g/mol. The van der Waals surface area contributed by atoms with Gasteiger partial charge in [0.2, 0.25) is 5.91 Å². The van der Waals surface area contributed by atoms with Gasteiger partial charge in [0, 0.05) is 12.6 Å². The number of carbonyl (C=O) groups excluding carboxylic acids is 1. The highest BCUT2D eigenvalue weighted by Gasteiger charge is 2.04. The summed E-state index contributed by atoms with van der Waals surface area (Å²) in [6.07, 6.45) is 0. The maximum atomic E-state index is 10.8. The number of anilines is 1.